The van der Waals surface area contributed by atoms with Crippen molar-refractivity contribution in [3.05, 3.63) is 65.7 Å². The lowest BCUT2D eigenvalue weighted by molar-refractivity contribution is 0.253. The van der Waals surface area contributed by atoms with E-state index in [9.17, 15) is 4.79 Å². The van der Waals surface area contributed by atoms with Gasteiger partial charge >= 0.3 is 6.03 Å². The molecule has 0 aliphatic rings. The first-order chi connectivity index (χ1) is 10.8. The van der Waals surface area contributed by atoms with Gasteiger partial charge in [0.25, 0.3) is 0 Å². The van der Waals surface area contributed by atoms with Crippen molar-refractivity contribution in [1.82, 2.24) is 10.6 Å². The molecule has 4 nitrogen and oxygen atoms in total. The number of rotatable bonds is 6. The fourth-order valence-corrected chi connectivity index (χ4v) is 2.01. The number of urea groups is 1. The Morgan fingerprint density at radius 2 is 1.73 bits per heavy atom. The van der Waals surface area contributed by atoms with E-state index in [1.54, 1.807) is 0 Å². The Kier molecular flexibility index (Phi) is 6.03. The molecule has 0 unspecified atom stereocenters. The minimum absolute atomic E-state index is 0.212. The van der Waals surface area contributed by atoms with E-state index in [1.165, 1.54) is 5.56 Å². The molecule has 0 radical (unpaired) electrons. The van der Waals surface area contributed by atoms with E-state index in [4.69, 9.17) is 6.42 Å². The number of amides is 2. The average molecular weight is 293 g/mol. The quantitative estimate of drug-likeness (QED) is 0.717. The molecule has 2 aromatic rings. The van der Waals surface area contributed by atoms with Gasteiger partial charge in [0.2, 0.25) is 0 Å². The third-order valence-corrected chi connectivity index (χ3v) is 3.04. The lowest BCUT2D eigenvalue weighted by Crippen LogP contribution is -2.28. The molecule has 0 saturated heterocycles. The molecule has 0 fully saturated rings. The van der Waals surface area contributed by atoms with Gasteiger partial charge in [0, 0.05) is 18.8 Å². The predicted octanol–water partition coefficient (Wildman–Crippen LogP) is 2.73. The Labute approximate surface area is 130 Å². The zero-order valence-electron chi connectivity index (χ0n) is 12.3. The summed E-state index contributed by atoms with van der Waals surface area (Å²) in [5, 5.41) is 8.69. The summed E-state index contributed by atoms with van der Waals surface area (Å²) >= 11 is 0. The number of carbonyl (C=O) groups excluding carboxylic acids is 1. The van der Waals surface area contributed by atoms with Crippen molar-refractivity contribution in [2.24, 2.45) is 0 Å². The lowest BCUT2D eigenvalue weighted by atomic mass is 10.2. The van der Waals surface area contributed by atoms with Crippen LogP contribution >= 0.6 is 0 Å². The second kappa shape index (κ2) is 8.50. The number of anilines is 1. The van der Waals surface area contributed by atoms with Crippen LogP contribution in [-0.2, 0) is 13.1 Å². The van der Waals surface area contributed by atoms with Crippen LogP contribution in [0.4, 0.5) is 10.5 Å². The first kappa shape index (κ1) is 15.6. The largest absolute Gasteiger partial charge is 0.327 e. The molecule has 0 bridgehead atoms. The van der Waals surface area contributed by atoms with E-state index in [0.717, 1.165) is 24.3 Å². The van der Waals surface area contributed by atoms with Gasteiger partial charge in [-0.2, -0.15) is 0 Å². The molecule has 0 aliphatic carbocycles. The second-order valence-electron chi connectivity index (χ2n) is 4.80. The summed E-state index contributed by atoms with van der Waals surface area (Å²) in [6.45, 7) is 1.75. The van der Waals surface area contributed by atoms with Crippen molar-refractivity contribution in [3.63, 3.8) is 0 Å². The monoisotopic (exact) mass is 293 g/mol. The van der Waals surface area contributed by atoms with Crippen LogP contribution in [-0.4, -0.2) is 12.6 Å². The highest BCUT2D eigenvalue weighted by atomic mass is 16.2. The number of hydrogen-bond donors (Lipinski definition) is 3. The van der Waals surface area contributed by atoms with Crippen molar-refractivity contribution >= 4 is 11.7 Å². The van der Waals surface area contributed by atoms with Gasteiger partial charge in [-0.3, -0.25) is 0 Å². The Hall–Kier alpha value is -2.77. The predicted molar refractivity (Wildman–Crippen MR) is 89.3 cm³/mol. The van der Waals surface area contributed by atoms with Crippen molar-refractivity contribution in [1.29, 1.82) is 0 Å². The Morgan fingerprint density at radius 3 is 2.50 bits per heavy atom. The van der Waals surface area contributed by atoms with Gasteiger partial charge in [-0.15, -0.1) is 6.42 Å². The van der Waals surface area contributed by atoms with Crippen LogP contribution in [0.2, 0.25) is 0 Å². The fourth-order valence-electron chi connectivity index (χ4n) is 2.01. The summed E-state index contributed by atoms with van der Waals surface area (Å²) in [6, 6.07) is 17.6. The van der Waals surface area contributed by atoms with Gasteiger partial charge in [-0.1, -0.05) is 48.4 Å². The van der Waals surface area contributed by atoms with E-state index in [1.807, 2.05) is 42.5 Å². The van der Waals surface area contributed by atoms with E-state index in [-0.39, 0.29) is 12.6 Å². The molecule has 3 N–H and O–H groups in total. The summed E-state index contributed by atoms with van der Waals surface area (Å²) in [7, 11) is 0. The van der Waals surface area contributed by atoms with Gasteiger partial charge < -0.3 is 16.0 Å². The van der Waals surface area contributed by atoms with Crippen LogP contribution in [0, 0.1) is 12.3 Å². The van der Waals surface area contributed by atoms with Crippen molar-refractivity contribution in [2.75, 3.05) is 11.9 Å². The highest BCUT2D eigenvalue weighted by Crippen LogP contribution is 2.10. The number of benzene rings is 2. The molecule has 112 valence electrons. The molecule has 22 heavy (non-hydrogen) atoms. The summed E-state index contributed by atoms with van der Waals surface area (Å²) < 4.78 is 0. The summed E-state index contributed by atoms with van der Waals surface area (Å²) in [5.41, 5.74) is 3.09. The normalized spacial score (nSPS) is 9.77. The SMILES string of the molecule is C#CCNC(=O)Nc1cccc(CNCc2ccccc2)c1. The smallest absolute Gasteiger partial charge is 0.319 e. The Balaban J connectivity index is 1.83. The molecular formula is C18H19N3O. The van der Waals surface area contributed by atoms with Crippen molar-refractivity contribution < 1.29 is 4.79 Å². The maximum Gasteiger partial charge on any atom is 0.319 e. The maximum absolute atomic E-state index is 11.5. The molecule has 2 rings (SSSR count). The third-order valence-electron chi connectivity index (χ3n) is 3.04. The second-order valence-corrected chi connectivity index (χ2v) is 4.80. The van der Waals surface area contributed by atoms with Crippen LogP contribution in [0.3, 0.4) is 0 Å². The van der Waals surface area contributed by atoms with Gasteiger partial charge in [0.15, 0.2) is 0 Å². The molecule has 2 aromatic carbocycles. The number of carbonyl (C=O) groups is 1. The number of terminal acetylenes is 1. The first-order valence-corrected chi connectivity index (χ1v) is 7.10. The zero-order chi connectivity index (χ0) is 15.6. The molecule has 4 heteroatoms. The minimum atomic E-state index is -0.299. The summed E-state index contributed by atoms with van der Waals surface area (Å²) in [4.78, 5) is 11.5. The first-order valence-electron chi connectivity index (χ1n) is 7.10. The van der Waals surface area contributed by atoms with E-state index < -0.39 is 0 Å². The minimum Gasteiger partial charge on any atom is -0.327 e. The van der Waals surface area contributed by atoms with Crippen LogP contribution < -0.4 is 16.0 Å². The van der Waals surface area contributed by atoms with Crippen LogP contribution in [0.15, 0.2) is 54.6 Å². The van der Waals surface area contributed by atoms with E-state index in [0.29, 0.717) is 0 Å². The van der Waals surface area contributed by atoms with Crippen molar-refractivity contribution in [3.8, 4) is 12.3 Å². The van der Waals surface area contributed by atoms with E-state index in [2.05, 4.69) is 34.0 Å². The van der Waals surface area contributed by atoms with Crippen LogP contribution in [0.1, 0.15) is 11.1 Å². The Morgan fingerprint density at radius 1 is 1.00 bits per heavy atom. The molecule has 2 amide bonds. The van der Waals surface area contributed by atoms with Crippen LogP contribution in [0.25, 0.3) is 0 Å². The van der Waals surface area contributed by atoms with Crippen LogP contribution in [0.5, 0.6) is 0 Å². The van der Waals surface area contributed by atoms with E-state index >= 15 is 0 Å². The average Bonchev–Trinajstić information content (AvgIpc) is 2.54. The summed E-state index contributed by atoms with van der Waals surface area (Å²) in [6.07, 6.45) is 5.10. The van der Waals surface area contributed by atoms with Gasteiger partial charge in [0.1, 0.15) is 0 Å². The standard InChI is InChI=1S/C18H19N3O/c1-2-11-20-18(22)21-17-10-6-9-16(12-17)14-19-13-15-7-4-3-5-8-15/h1,3-10,12,19H,11,13-14H2,(H2,20,21,22). The number of nitrogens with one attached hydrogen (secondary N) is 3. The zero-order valence-corrected chi connectivity index (χ0v) is 12.3. The molecule has 0 aromatic heterocycles. The maximum atomic E-state index is 11.5. The number of hydrogen-bond acceptors (Lipinski definition) is 2. The molecule has 0 spiro atoms. The Bertz CT molecular complexity index is 647. The molecule has 0 atom stereocenters. The fraction of sp³-hybridized carbons (Fsp3) is 0.167. The van der Waals surface area contributed by atoms with Gasteiger partial charge in [0.05, 0.1) is 6.54 Å². The highest BCUT2D eigenvalue weighted by Gasteiger charge is 2.01. The third kappa shape index (κ3) is 5.31. The van der Waals surface area contributed by atoms with Gasteiger partial charge in [-0.25, -0.2) is 4.79 Å². The molecule has 0 aliphatic heterocycles. The topological polar surface area (TPSA) is 53.2 Å². The molecule has 0 heterocycles. The highest BCUT2D eigenvalue weighted by molar-refractivity contribution is 5.89. The van der Waals surface area contributed by atoms with Gasteiger partial charge in [-0.05, 0) is 23.3 Å². The lowest BCUT2D eigenvalue weighted by Gasteiger charge is -2.09. The molecular weight excluding hydrogens is 274 g/mol. The van der Waals surface area contributed by atoms with Crippen molar-refractivity contribution in [2.45, 2.75) is 13.1 Å². The molecule has 0 saturated carbocycles. The summed E-state index contributed by atoms with van der Waals surface area (Å²) in [5.74, 6) is 2.36.